The summed E-state index contributed by atoms with van der Waals surface area (Å²) in [5.41, 5.74) is 0.695. The number of esters is 1. The quantitative estimate of drug-likeness (QED) is 0.435. The average Bonchev–Trinajstić information content (AvgIpc) is 2.90. The Morgan fingerprint density at radius 2 is 1.90 bits per heavy atom. The van der Waals surface area contributed by atoms with Gasteiger partial charge in [-0.2, -0.15) is 0 Å². The van der Waals surface area contributed by atoms with Crippen molar-refractivity contribution in [3.8, 4) is 11.5 Å². The fourth-order valence-electron chi connectivity index (χ4n) is 2.50. The largest absolute Gasteiger partial charge is 0.490 e. The van der Waals surface area contributed by atoms with Crippen molar-refractivity contribution in [3.05, 3.63) is 28.7 Å². The molecule has 0 spiro atoms. The van der Waals surface area contributed by atoms with Gasteiger partial charge in [0.1, 0.15) is 6.54 Å². The highest BCUT2D eigenvalue weighted by Crippen LogP contribution is 2.35. The van der Waals surface area contributed by atoms with Gasteiger partial charge in [-0.15, -0.1) is 0 Å². The molecule has 29 heavy (non-hydrogen) atoms. The van der Waals surface area contributed by atoms with Crippen LogP contribution in [0.15, 0.2) is 23.1 Å². The van der Waals surface area contributed by atoms with Gasteiger partial charge in [-0.1, -0.05) is 13.0 Å². The van der Waals surface area contributed by atoms with Gasteiger partial charge in [-0.25, -0.2) is 0 Å². The Labute approximate surface area is 175 Å². The summed E-state index contributed by atoms with van der Waals surface area (Å²) in [6.45, 7) is 9.37. The molecule has 1 aromatic rings. The molecule has 158 valence electrons. The van der Waals surface area contributed by atoms with Crippen LogP contribution < -0.4 is 9.47 Å². The molecule has 0 saturated carbocycles. The number of hydrogen-bond acceptors (Lipinski definition) is 7. The molecule has 1 fully saturated rings. The summed E-state index contributed by atoms with van der Waals surface area (Å²) in [5.74, 6) is 0.0662. The number of thioether (sulfide) groups is 1. The van der Waals surface area contributed by atoms with Crippen LogP contribution in [-0.4, -0.2) is 47.4 Å². The van der Waals surface area contributed by atoms with Crippen molar-refractivity contribution in [2.24, 2.45) is 0 Å². The standard InChI is InChI=1S/C21H27NO6S/c1-6-14(5)28-16-9-8-15(10-17(16)26-7-2)11-18-20(24)22(21(25)29-18)12-19(23)27-13(3)4/h8-11,13-14H,6-7,12H2,1-5H3/b18-11-. The van der Waals surface area contributed by atoms with Crippen molar-refractivity contribution in [2.75, 3.05) is 13.2 Å². The fourth-order valence-corrected chi connectivity index (χ4v) is 3.34. The maximum absolute atomic E-state index is 12.6. The van der Waals surface area contributed by atoms with Gasteiger partial charge in [0.15, 0.2) is 11.5 Å². The fraction of sp³-hybridized carbons (Fsp3) is 0.476. The third-order valence-corrected chi connectivity index (χ3v) is 4.90. The maximum atomic E-state index is 12.6. The van der Waals surface area contributed by atoms with E-state index in [0.29, 0.717) is 23.7 Å². The van der Waals surface area contributed by atoms with E-state index in [0.717, 1.165) is 23.1 Å². The van der Waals surface area contributed by atoms with E-state index in [1.165, 1.54) is 0 Å². The Morgan fingerprint density at radius 1 is 1.17 bits per heavy atom. The molecule has 2 rings (SSSR count). The zero-order valence-corrected chi connectivity index (χ0v) is 18.2. The van der Waals surface area contributed by atoms with Gasteiger partial charge in [-0.05, 0) is 69.6 Å². The highest BCUT2D eigenvalue weighted by molar-refractivity contribution is 8.18. The Balaban J connectivity index is 2.20. The molecule has 0 aliphatic carbocycles. The van der Waals surface area contributed by atoms with E-state index in [-0.39, 0.29) is 17.1 Å². The third-order valence-electron chi connectivity index (χ3n) is 4.00. The van der Waals surface area contributed by atoms with Crippen molar-refractivity contribution < 1.29 is 28.6 Å². The molecular formula is C21H27NO6S. The molecule has 0 radical (unpaired) electrons. The minimum Gasteiger partial charge on any atom is -0.490 e. The Kier molecular flexibility index (Phi) is 8.13. The minimum absolute atomic E-state index is 0.0437. The van der Waals surface area contributed by atoms with E-state index < -0.39 is 23.7 Å². The van der Waals surface area contributed by atoms with Crippen molar-refractivity contribution in [1.29, 1.82) is 0 Å². The molecule has 0 aromatic heterocycles. The predicted molar refractivity (Wildman–Crippen MR) is 112 cm³/mol. The topological polar surface area (TPSA) is 82.1 Å². The van der Waals surface area contributed by atoms with E-state index in [4.69, 9.17) is 14.2 Å². The van der Waals surface area contributed by atoms with Gasteiger partial charge in [0.2, 0.25) is 0 Å². The van der Waals surface area contributed by atoms with E-state index in [9.17, 15) is 14.4 Å². The molecule has 1 aromatic carbocycles. The van der Waals surface area contributed by atoms with Crippen molar-refractivity contribution >= 4 is 35.0 Å². The average molecular weight is 422 g/mol. The lowest BCUT2D eigenvalue weighted by molar-refractivity contribution is -0.149. The zero-order valence-electron chi connectivity index (χ0n) is 17.4. The van der Waals surface area contributed by atoms with Crippen molar-refractivity contribution in [3.63, 3.8) is 0 Å². The lowest BCUT2D eigenvalue weighted by atomic mass is 10.1. The molecule has 0 N–H and O–H groups in total. The number of benzene rings is 1. The first kappa shape index (κ1) is 22.8. The van der Waals surface area contributed by atoms with Crippen LogP contribution in [0.4, 0.5) is 4.79 Å². The van der Waals surface area contributed by atoms with E-state index in [1.54, 1.807) is 38.1 Å². The molecule has 0 bridgehead atoms. The lowest BCUT2D eigenvalue weighted by Crippen LogP contribution is -2.35. The van der Waals surface area contributed by atoms with Gasteiger partial charge in [0.05, 0.1) is 23.7 Å². The molecule has 1 atom stereocenters. The van der Waals surface area contributed by atoms with Crippen LogP contribution in [0.1, 0.15) is 46.6 Å². The van der Waals surface area contributed by atoms with E-state index >= 15 is 0 Å². The first-order valence-corrected chi connectivity index (χ1v) is 10.4. The second-order valence-electron chi connectivity index (χ2n) is 6.78. The van der Waals surface area contributed by atoms with Crippen LogP contribution in [0.25, 0.3) is 6.08 Å². The summed E-state index contributed by atoms with van der Waals surface area (Å²) in [6, 6.07) is 5.34. The molecule has 1 heterocycles. The van der Waals surface area contributed by atoms with Crippen molar-refractivity contribution in [1.82, 2.24) is 4.90 Å². The maximum Gasteiger partial charge on any atom is 0.326 e. The van der Waals surface area contributed by atoms with Crippen LogP contribution in [0.2, 0.25) is 0 Å². The zero-order chi connectivity index (χ0) is 21.6. The smallest absolute Gasteiger partial charge is 0.326 e. The molecule has 7 nitrogen and oxygen atoms in total. The summed E-state index contributed by atoms with van der Waals surface area (Å²) >= 11 is 0.794. The van der Waals surface area contributed by atoms with Crippen LogP contribution in [0, 0.1) is 0 Å². The number of ether oxygens (including phenoxy) is 3. The summed E-state index contributed by atoms with van der Waals surface area (Å²) in [6.07, 6.45) is 2.20. The SMILES string of the molecule is CCOc1cc(/C=C2\SC(=O)N(CC(=O)OC(C)C)C2=O)ccc1OC(C)CC. The van der Waals surface area contributed by atoms with Crippen LogP contribution in [-0.2, 0) is 14.3 Å². The normalized spacial score (nSPS) is 16.5. The summed E-state index contributed by atoms with van der Waals surface area (Å²) in [4.78, 5) is 37.7. The van der Waals surface area contributed by atoms with Gasteiger partial charge in [0.25, 0.3) is 11.1 Å². The molecule has 1 saturated heterocycles. The monoisotopic (exact) mass is 421 g/mol. The highest BCUT2D eigenvalue weighted by atomic mass is 32.2. The van der Waals surface area contributed by atoms with Crippen molar-refractivity contribution in [2.45, 2.75) is 53.2 Å². The summed E-state index contributed by atoms with van der Waals surface area (Å²) in [7, 11) is 0. The second kappa shape index (κ2) is 10.3. The molecule has 1 aliphatic rings. The van der Waals surface area contributed by atoms with Gasteiger partial charge < -0.3 is 14.2 Å². The second-order valence-corrected chi connectivity index (χ2v) is 7.78. The molecule has 2 amide bonds. The predicted octanol–water partition coefficient (Wildman–Crippen LogP) is 4.25. The minimum atomic E-state index is -0.617. The first-order valence-electron chi connectivity index (χ1n) is 9.63. The van der Waals surface area contributed by atoms with Crippen LogP contribution >= 0.6 is 11.8 Å². The molecule has 8 heteroatoms. The number of imide groups is 1. The number of nitrogens with zero attached hydrogens (tertiary/aromatic N) is 1. The number of rotatable bonds is 9. The van der Waals surface area contributed by atoms with E-state index in [1.807, 2.05) is 20.8 Å². The van der Waals surface area contributed by atoms with Gasteiger partial charge >= 0.3 is 5.97 Å². The number of carbonyl (C=O) groups excluding carboxylic acids is 3. The lowest BCUT2D eigenvalue weighted by Gasteiger charge is -2.16. The van der Waals surface area contributed by atoms with Gasteiger partial charge in [0, 0.05) is 0 Å². The molecule has 1 aliphatic heterocycles. The van der Waals surface area contributed by atoms with Crippen LogP contribution in [0.5, 0.6) is 11.5 Å². The Bertz CT molecular complexity index is 804. The third kappa shape index (κ3) is 6.25. The van der Waals surface area contributed by atoms with Gasteiger partial charge in [-0.3, -0.25) is 19.3 Å². The first-order chi connectivity index (χ1) is 13.7. The van der Waals surface area contributed by atoms with E-state index in [2.05, 4.69) is 0 Å². The molecular weight excluding hydrogens is 394 g/mol. The Hall–Kier alpha value is -2.48. The summed E-state index contributed by atoms with van der Waals surface area (Å²) in [5, 5.41) is -0.497. The molecule has 1 unspecified atom stereocenters. The van der Waals surface area contributed by atoms with Crippen LogP contribution in [0.3, 0.4) is 0 Å². The Morgan fingerprint density at radius 3 is 2.52 bits per heavy atom. The number of hydrogen-bond donors (Lipinski definition) is 0. The summed E-state index contributed by atoms with van der Waals surface area (Å²) < 4.78 is 16.5. The highest BCUT2D eigenvalue weighted by Gasteiger charge is 2.36. The number of amides is 2. The number of carbonyl (C=O) groups is 3.